The van der Waals surface area contributed by atoms with E-state index in [1.165, 1.54) is 0 Å². The zero-order chi connectivity index (χ0) is 17.4. The summed E-state index contributed by atoms with van der Waals surface area (Å²) in [6.07, 6.45) is 1.56. The van der Waals surface area contributed by atoms with Gasteiger partial charge in [0.25, 0.3) is 5.91 Å². The van der Waals surface area contributed by atoms with Crippen LogP contribution < -0.4 is 11.2 Å². The third-order valence-corrected chi connectivity index (χ3v) is 4.42. The lowest BCUT2D eigenvalue weighted by Gasteiger charge is -2.35. The molecule has 2 unspecified atom stereocenters. The number of benzene rings is 1. The Bertz CT molecular complexity index is 833. The van der Waals surface area contributed by atoms with Crippen LogP contribution >= 0.6 is 0 Å². The van der Waals surface area contributed by atoms with Gasteiger partial charge in [-0.1, -0.05) is 6.07 Å². The monoisotopic (exact) mass is 329 g/mol. The van der Waals surface area contributed by atoms with Gasteiger partial charge in [0, 0.05) is 31.5 Å². The Morgan fingerprint density at radius 2 is 1.96 bits per heavy atom. The number of aryl methyl sites for hydroxylation is 1. The highest BCUT2D eigenvalue weighted by Crippen LogP contribution is 2.20. The van der Waals surface area contributed by atoms with Gasteiger partial charge in [0.1, 0.15) is 5.56 Å². The zero-order valence-electron chi connectivity index (χ0n) is 14.3. The van der Waals surface area contributed by atoms with E-state index < -0.39 is 0 Å². The van der Waals surface area contributed by atoms with E-state index in [0.29, 0.717) is 30.7 Å². The number of fused-ring (bicyclic) bond motifs is 1. The second kappa shape index (κ2) is 6.28. The molecule has 1 aliphatic rings. The Labute approximate surface area is 140 Å². The lowest BCUT2D eigenvalue weighted by molar-refractivity contribution is -0.0586. The quantitative estimate of drug-likeness (QED) is 0.853. The molecule has 0 bridgehead atoms. The van der Waals surface area contributed by atoms with Gasteiger partial charge in [-0.2, -0.15) is 0 Å². The summed E-state index contributed by atoms with van der Waals surface area (Å²) in [4.78, 5) is 27.5. The van der Waals surface area contributed by atoms with Gasteiger partial charge >= 0.3 is 0 Å². The SMILES string of the molecule is CCn1cc(C(=O)N2CC(C)OC(C)C2)c(=O)c2c(N)cccc21. The van der Waals surface area contributed by atoms with Crippen molar-refractivity contribution in [2.75, 3.05) is 18.8 Å². The van der Waals surface area contributed by atoms with Crippen molar-refractivity contribution in [3.63, 3.8) is 0 Å². The van der Waals surface area contributed by atoms with Crippen LogP contribution in [0.4, 0.5) is 5.69 Å². The summed E-state index contributed by atoms with van der Waals surface area (Å²) in [7, 11) is 0. The molecule has 0 spiro atoms. The number of aromatic nitrogens is 1. The Kier molecular flexibility index (Phi) is 4.32. The zero-order valence-corrected chi connectivity index (χ0v) is 14.3. The molecule has 1 aromatic carbocycles. The molecule has 24 heavy (non-hydrogen) atoms. The molecule has 0 aliphatic carbocycles. The van der Waals surface area contributed by atoms with Gasteiger partial charge in [-0.25, -0.2) is 0 Å². The third kappa shape index (κ3) is 2.78. The van der Waals surface area contributed by atoms with Crippen LogP contribution in [0.1, 0.15) is 31.1 Å². The number of carbonyl (C=O) groups excluding carboxylic acids is 1. The summed E-state index contributed by atoms with van der Waals surface area (Å²) in [5.41, 5.74) is 7.04. The van der Waals surface area contributed by atoms with Crippen LogP contribution in [0.25, 0.3) is 10.9 Å². The van der Waals surface area contributed by atoms with Crippen LogP contribution in [0, 0.1) is 0 Å². The van der Waals surface area contributed by atoms with E-state index in [4.69, 9.17) is 10.5 Å². The Morgan fingerprint density at radius 1 is 1.29 bits per heavy atom. The molecule has 0 radical (unpaired) electrons. The van der Waals surface area contributed by atoms with Crippen molar-refractivity contribution in [2.24, 2.45) is 0 Å². The number of hydrogen-bond acceptors (Lipinski definition) is 4. The molecule has 1 saturated heterocycles. The minimum atomic E-state index is -0.301. The molecule has 2 aromatic rings. The van der Waals surface area contributed by atoms with Gasteiger partial charge < -0.3 is 19.9 Å². The van der Waals surface area contributed by atoms with E-state index in [1.807, 2.05) is 37.5 Å². The summed E-state index contributed by atoms with van der Waals surface area (Å²) in [5.74, 6) is -0.255. The van der Waals surface area contributed by atoms with Gasteiger partial charge in [-0.05, 0) is 32.9 Å². The molecular weight excluding hydrogens is 306 g/mol. The lowest BCUT2D eigenvalue weighted by Crippen LogP contribution is -2.49. The van der Waals surface area contributed by atoms with Crippen molar-refractivity contribution < 1.29 is 9.53 Å². The van der Waals surface area contributed by atoms with Crippen LogP contribution in [-0.4, -0.2) is 40.7 Å². The van der Waals surface area contributed by atoms with E-state index in [9.17, 15) is 9.59 Å². The van der Waals surface area contributed by atoms with Crippen molar-refractivity contribution in [3.8, 4) is 0 Å². The first-order valence-electron chi connectivity index (χ1n) is 8.28. The largest absolute Gasteiger partial charge is 0.398 e. The summed E-state index contributed by atoms with van der Waals surface area (Å²) in [6.45, 7) is 7.45. The maximum absolute atomic E-state index is 13.0. The summed E-state index contributed by atoms with van der Waals surface area (Å²) >= 11 is 0. The van der Waals surface area contributed by atoms with Gasteiger partial charge in [-0.15, -0.1) is 0 Å². The molecule has 6 nitrogen and oxygen atoms in total. The summed E-state index contributed by atoms with van der Waals surface area (Å²) in [5, 5.41) is 0.416. The fourth-order valence-corrected chi connectivity index (χ4v) is 3.39. The number of rotatable bonds is 2. The highest BCUT2D eigenvalue weighted by atomic mass is 16.5. The van der Waals surface area contributed by atoms with Crippen LogP contribution in [0.3, 0.4) is 0 Å². The molecule has 2 heterocycles. The van der Waals surface area contributed by atoms with Crippen LogP contribution in [0.15, 0.2) is 29.2 Å². The number of nitrogens with zero attached hydrogens (tertiary/aromatic N) is 2. The lowest BCUT2D eigenvalue weighted by atomic mass is 10.1. The second-order valence-electron chi connectivity index (χ2n) is 6.37. The molecule has 1 amide bonds. The van der Waals surface area contributed by atoms with Crippen molar-refractivity contribution >= 4 is 22.5 Å². The summed E-state index contributed by atoms with van der Waals surface area (Å²) < 4.78 is 7.57. The first-order valence-corrected chi connectivity index (χ1v) is 8.28. The molecule has 2 N–H and O–H groups in total. The highest BCUT2D eigenvalue weighted by Gasteiger charge is 2.28. The van der Waals surface area contributed by atoms with Gasteiger partial charge in [0.15, 0.2) is 0 Å². The average molecular weight is 329 g/mol. The standard InChI is InChI=1S/C18H23N3O3/c1-4-20-10-13(17(22)16-14(19)6-5-7-15(16)20)18(23)21-8-11(2)24-12(3)9-21/h5-7,10-12H,4,8-9,19H2,1-3H3. The maximum Gasteiger partial charge on any atom is 0.259 e. The van der Waals surface area contributed by atoms with Gasteiger partial charge in [0.05, 0.1) is 23.1 Å². The van der Waals surface area contributed by atoms with E-state index in [2.05, 4.69) is 0 Å². The van der Waals surface area contributed by atoms with Gasteiger partial charge in [0.2, 0.25) is 5.43 Å². The predicted octanol–water partition coefficient (Wildman–Crippen LogP) is 1.85. The van der Waals surface area contributed by atoms with Crippen molar-refractivity contribution in [2.45, 2.75) is 39.5 Å². The molecule has 1 aliphatic heterocycles. The van der Waals surface area contributed by atoms with Crippen molar-refractivity contribution in [1.82, 2.24) is 9.47 Å². The number of nitrogens with two attached hydrogens (primary N) is 1. The van der Waals surface area contributed by atoms with E-state index >= 15 is 0 Å². The summed E-state index contributed by atoms with van der Waals surface area (Å²) in [6, 6.07) is 5.36. The van der Waals surface area contributed by atoms with Crippen molar-refractivity contribution in [3.05, 3.63) is 40.2 Å². The van der Waals surface area contributed by atoms with Crippen LogP contribution in [0.5, 0.6) is 0 Å². The predicted molar refractivity (Wildman–Crippen MR) is 94.2 cm³/mol. The molecule has 1 fully saturated rings. The number of carbonyl (C=O) groups is 1. The molecule has 6 heteroatoms. The van der Waals surface area contributed by atoms with E-state index in [-0.39, 0.29) is 29.1 Å². The topological polar surface area (TPSA) is 77.6 Å². The number of amides is 1. The smallest absolute Gasteiger partial charge is 0.259 e. The first kappa shape index (κ1) is 16.5. The normalized spacial score (nSPS) is 21.2. The molecule has 3 rings (SSSR count). The number of nitrogen functional groups attached to an aromatic ring is 1. The Balaban J connectivity index is 2.12. The fraction of sp³-hybridized carbons (Fsp3) is 0.444. The Morgan fingerprint density at radius 3 is 2.58 bits per heavy atom. The van der Waals surface area contributed by atoms with Crippen LogP contribution in [-0.2, 0) is 11.3 Å². The fourth-order valence-electron chi connectivity index (χ4n) is 3.39. The Hall–Kier alpha value is -2.34. The average Bonchev–Trinajstić information content (AvgIpc) is 2.54. The molecule has 128 valence electrons. The number of ether oxygens (including phenoxy) is 1. The minimum Gasteiger partial charge on any atom is -0.398 e. The van der Waals surface area contributed by atoms with Crippen LogP contribution in [0.2, 0.25) is 0 Å². The van der Waals surface area contributed by atoms with E-state index in [1.54, 1.807) is 17.2 Å². The third-order valence-electron chi connectivity index (χ3n) is 4.42. The molecular formula is C18H23N3O3. The molecule has 0 saturated carbocycles. The van der Waals surface area contributed by atoms with Gasteiger partial charge in [-0.3, -0.25) is 9.59 Å². The molecule has 2 atom stereocenters. The van der Waals surface area contributed by atoms with E-state index in [0.717, 1.165) is 5.52 Å². The highest BCUT2D eigenvalue weighted by molar-refractivity contribution is 6.00. The first-order chi connectivity index (χ1) is 11.4. The number of anilines is 1. The number of pyridine rings is 1. The number of morpholine rings is 1. The molecule has 1 aromatic heterocycles. The maximum atomic E-state index is 13.0. The second-order valence-corrected chi connectivity index (χ2v) is 6.37. The van der Waals surface area contributed by atoms with Crippen molar-refractivity contribution in [1.29, 1.82) is 0 Å². The minimum absolute atomic E-state index is 0.0448. The number of hydrogen-bond donors (Lipinski definition) is 1.